The minimum atomic E-state index is -0.282. The first-order valence-electron chi connectivity index (χ1n) is 8.06. The van der Waals surface area contributed by atoms with Gasteiger partial charge in [-0.15, -0.1) is 9.24 Å². The molecule has 0 radical (unpaired) electrons. The lowest BCUT2D eigenvalue weighted by Gasteiger charge is -2.45. The Morgan fingerprint density at radius 2 is 1.41 bits per heavy atom. The summed E-state index contributed by atoms with van der Waals surface area (Å²) in [5.41, 5.74) is 2.39. The third-order valence-electron chi connectivity index (χ3n) is 4.26. The second kappa shape index (κ2) is 6.42. The summed E-state index contributed by atoms with van der Waals surface area (Å²) in [5.74, 6) is 1.01. The predicted molar refractivity (Wildman–Crippen MR) is 99.2 cm³/mol. The quantitative estimate of drug-likeness (QED) is 0.658. The molecular weight excluding hydrogens is 287 g/mol. The molecular formula is C20H27OP. The molecule has 0 N–H and O–H groups in total. The minimum absolute atomic E-state index is 0.108. The molecule has 3 rings (SSSR count). The Morgan fingerprint density at radius 3 is 2.05 bits per heavy atom. The summed E-state index contributed by atoms with van der Waals surface area (Å²) in [6.07, 6.45) is 0.975. The predicted octanol–water partition coefficient (Wildman–Crippen LogP) is 5.19. The highest BCUT2D eigenvalue weighted by atomic mass is 31.0. The van der Waals surface area contributed by atoms with Crippen molar-refractivity contribution in [2.75, 3.05) is 0 Å². The lowest BCUT2D eigenvalue weighted by atomic mass is 9.71. The average molecular weight is 314 g/mol. The average Bonchev–Trinajstić information content (AvgIpc) is 2.48. The standard InChI is InChI=1S/C18H21OP.C2H6/c1-17(2)12-18(3,14-9-5-7-11-16(14)20)19-15-10-6-4-8-13(15)17;1-2/h4-11H,12,20H2,1-3H3;1-2H3. The van der Waals surface area contributed by atoms with Crippen LogP contribution in [0.2, 0.25) is 0 Å². The van der Waals surface area contributed by atoms with E-state index in [9.17, 15) is 0 Å². The van der Waals surface area contributed by atoms with Crippen LogP contribution in [0, 0.1) is 0 Å². The van der Waals surface area contributed by atoms with Crippen molar-refractivity contribution in [3.8, 4) is 5.75 Å². The fourth-order valence-electron chi connectivity index (χ4n) is 3.46. The summed E-state index contributed by atoms with van der Waals surface area (Å²) in [6.45, 7) is 10.8. The summed E-state index contributed by atoms with van der Waals surface area (Å²) in [7, 11) is 2.83. The Hall–Kier alpha value is -1.33. The summed E-state index contributed by atoms with van der Waals surface area (Å²) in [4.78, 5) is 0. The van der Waals surface area contributed by atoms with Gasteiger partial charge in [-0.05, 0) is 29.3 Å². The zero-order valence-electron chi connectivity index (χ0n) is 14.3. The maximum Gasteiger partial charge on any atom is 0.133 e. The number of hydrogen-bond acceptors (Lipinski definition) is 1. The van der Waals surface area contributed by atoms with Crippen LogP contribution >= 0.6 is 9.24 Å². The third kappa shape index (κ3) is 3.06. The maximum absolute atomic E-state index is 6.41. The third-order valence-corrected chi connectivity index (χ3v) is 4.76. The molecule has 2 atom stereocenters. The number of ether oxygens (including phenoxy) is 1. The zero-order valence-corrected chi connectivity index (χ0v) is 15.5. The van der Waals surface area contributed by atoms with E-state index in [1.807, 2.05) is 19.9 Å². The molecule has 2 aromatic carbocycles. The van der Waals surface area contributed by atoms with Crippen LogP contribution in [-0.4, -0.2) is 0 Å². The van der Waals surface area contributed by atoms with Crippen molar-refractivity contribution in [2.45, 2.75) is 52.1 Å². The van der Waals surface area contributed by atoms with E-state index in [-0.39, 0.29) is 11.0 Å². The van der Waals surface area contributed by atoms with Gasteiger partial charge in [0.2, 0.25) is 0 Å². The molecule has 118 valence electrons. The van der Waals surface area contributed by atoms with Gasteiger partial charge < -0.3 is 4.74 Å². The second-order valence-corrected chi connectivity index (χ2v) is 7.10. The largest absolute Gasteiger partial charge is 0.483 e. The van der Waals surface area contributed by atoms with E-state index < -0.39 is 0 Å². The first kappa shape index (κ1) is 17.0. The molecule has 0 aromatic heterocycles. The van der Waals surface area contributed by atoms with Crippen LogP contribution in [0.5, 0.6) is 5.75 Å². The molecule has 1 heterocycles. The SMILES string of the molecule is CC.CC1(C)CC(C)(c2ccccc2P)Oc2ccccc21. The monoisotopic (exact) mass is 314 g/mol. The Balaban J connectivity index is 0.000000847. The first-order valence-corrected chi connectivity index (χ1v) is 8.64. The van der Waals surface area contributed by atoms with E-state index in [1.165, 1.54) is 16.4 Å². The van der Waals surface area contributed by atoms with Gasteiger partial charge in [0.1, 0.15) is 11.4 Å². The van der Waals surface area contributed by atoms with Gasteiger partial charge in [0.15, 0.2) is 0 Å². The number of fused-ring (bicyclic) bond motifs is 1. The van der Waals surface area contributed by atoms with Crippen LogP contribution in [0.15, 0.2) is 48.5 Å². The van der Waals surface area contributed by atoms with Crippen molar-refractivity contribution in [1.82, 2.24) is 0 Å². The Labute approximate surface area is 137 Å². The van der Waals surface area contributed by atoms with Gasteiger partial charge in [0.05, 0.1) is 0 Å². The van der Waals surface area contributed by atoms with E-state index >= 15 is 0 Å². The van der Waals surface area contributed by atoms with Crippen molar-refractivity contribution in [1.29, 1.82) is 0 Å². The Bertz CT molecular complexity index is 648. The van der Waals surface area contributed by atoms with E-state index in [4.69, 9.17) is 4.74 Å². The van der Waals surface area contributed by atoms with Crippen LogP contribution in [-0.2, 0) is 11.0 Å². The van der Waals surface area contributed by atoms with Gasteiger partial charge in [0.25, 0.3) is 0 Å². The highest BCUT2D eigenvalue weighted by Crippen LogP contribution is 2.48. The smallest absolute Gasteiger partial charge is 0.133 e. The summed E-state index contributed by atoms with van der Waals surface area (Å²) in [6, 6.07) is 16.9. The van der Waals surface area contributed by atoms with Crippen molar-refractivity contribution >= 4 is 14.5 Å². The molecule has 1 nitrogen and oxygen atoms in total. The van der Waals surface area contributed by atoms with Crippen molar-refractivity contribution in [3.05, 3.63) is 59.7 Å². The molecule has 0 saturated carbocycles. The van der Waals surface area contributed by atoms with E-state index in [0.717, 1.165) is 12.2 Å². The molecule has 0 spiro atoms. The summed E-state index contributed by atoms with van der Waals surface area (Å²) >= 11 is 0. The molecule has 0 saturated heterocycles. The molecule has 1 aliphatic rings. The van der Waals surface area contributed by atoms with E-state index in [2.05, 4.69) is 72.5 Å². The fraction of sp³-hybridized carbons (Fsp3) is 0.400. The lowest BCUT2D eigenvalue weighted by Crippen LogP contribution is -2.43. The maximum atomic E-state index is 6.41. The molecule has 1 aliphatic heterocycles. The second-order valence-electron chi connectivity index (χ2n) is 6.48. The van der Waals surface area contributed by atoms with Gasteiger partial charge >= 0.3 is 0 Å². The van der Waals surface area contributed by atoms with Gasteiger partial charge in [-0.1, -0.05) is 70.2 Å². The van der Waals surface area contributed by atoms with Crippen LogP contribution in [0.4, 0.5) is 0 Å². The summed E-state index contributed by atoms with van der Waals surface area (Å²) in [5, 5.41) is 1.21. The lowest BCUT2D eigenvalue weighted by molar-refractivity contribution is 0.0334. The normalized spacial score (nSPS) is 21.9. The highest BCUT2D eigenvalue weighted by Gasteiger charge is 2.43. The van der Waals surface area contributed by atoms with E-state index in [1.54, 1.807) is 0 Å². The van der Waals surface area contributed by atoms with Crippen molar-refractivity contribution in [2.24, 2.45) is 0 Å². The molecule has 0 amide bonds. The number of rotatable bonds is 1. The highest BCUT2D eigenvalue weighted by molar-refractivity contribution is 7.27. The van der Waals surface area contributed by atoms with Gasteiger partial charge in [-0.3, -0.25) is 0 Å². The van der Waals surface area contributed by atoms with Crippen molar-refractivity contribution in [3.63, 3.8) is 0 Å². The van der Waals surface area contributed by atoms with Crippen molar-refractivity contribution < 1.29 is 4.74 Å². The first-order chi connectivity index (χ1) is 10.4. The van der Waals surface area contributed by atoms with Crippen LogP contribution in [0.1, 0.15) is 52.2 Å². The molecule has 0 bridgehead atoms. The van der Waals surface area contributed by atoms with Gasteiger partial charge in [-0.2, -0.15) is 0 Å². The molecule has 2 unspecified atom stereocenters. The van der Waals surface area contributed by atoms with Crippen LogP contribution in [0.25, 0.3) is 0 Å². The number of para-hydroxylation sites is 1. The molecule has 22 heavy (non-hydrogen) atoms. The van der Waals surface area contributed by atoms with Gasteiger partial charge in [-0.25, -0.2) is 0 Å². The number of hydrogen-bond donors (Lipinski definition) is 0. The van der Waals surface area contributed by atoms with Gasteiger partial charge in [0, 0.05) is 12.0 Å². The molecule has 2 aromatic rings. The zero-order chi connectivity index (χ0) is 16.4. The molecule has 0 aliphatic carbocycles. The molecule has 2 heteroatoms. The molecule has 0 fully saturated rings. The van der Waals surface area contributed by atoms with E-state index in [0.29, 0.717) is 0 Å². The summed E-state index contributed by atoms with van der Waals surface area (Å²) < 4.78 is 6.41. The topological polar surface area (TPSA) is 9.23 Å². The van der Waals surface area contributed by atoms with Crippen LogP contribution in [0.3, 0.4) is 0 Å². The fourth-order valence-corrected chi connectivity index (χ4v) is 3.97. The van der Waals surface area contributed by atoms with Crippen LogP contribution < -0.4 is 10.0 Å². The Morgan fingerprint density at radius 1 is 0.864 bits per heavy atom. The number of benzene rings is 2. The minimum Gasteiger partial charge on any atom is -0.483 e. The Kier molecular flexibility index (Phi) is 4.97.